The molecule has 0 bridgehead atoms. The lowest BCUT2D eigenvalue weighted by Gasteiger charge is -2.15. The molecule has 1 aromatic carbocycles. The molecule has 0 saturated carbocycles. The Morgan fingerprint density at radius 3 is 2.50 bits per heavy atom. The van der Waals surface area contributed by atoms with Crippen molar-refractivity contribution in [1.82, 2.24) is 20.5 Å². The number of hydrogen-bond acceptors (Lipinski definition) is 4. The number of carbonyl (C=O) groups is 1. The van der Waals surface area contributed by atoms with Crippen LogP contribution in [0.3, 0.4) is 0 Å². The van der Waals surface area contributed by atoms with Crippen molar-refractivity contribution >= 4 is 17.7 Å². The summed E-state index contributed by atoms with van der Waals surface area (Å²) in [6.07, 6.45) is 2.97. The SMILES string of the molecule is CN=C(NCCC(=O)Nc1cccc(C)n1)NCc1ccc(CN2CCCC2)cc1. The summed E-state index contributed by atoms with van der Waals surface area (Å²) in [6.45, 7) is 6.54. The van der Waals surface area contributed by atoms with E-state index in [1.807, 2.05) is 19.1 Å². The Hall–Kier alpha value is -2.93. The second-order valence-corrected chi connectivity index (χ2v) is 7.61. The number of benzene rings is 1. The summed E-state index contributed by atoms with van der Waals surface area (Å²) in [5, 5.41) is 9.28. The largest absolute Gasteiger partial charge is 0.356 e. The Morgan fingerprint density at radius 1 is 1.07 bits per heavy atom. The molecule has 2 heterocycles. The van der Waals surface area contributed by atoms with Gasteiger partial charge in [0.15, 0.2) is 5.96 Å². The van der Waals surface area contributed by atoms with Crippen molar-refractivity contribution in [2.24, 2.45) is 4.99 Å². The lowest BCUT2D eigenvalue weighted by atomic mass is 10.1. The average molecular weight is 409 g/mol. The summed E-state index contributed by atoms with van der Waals surface area (Å²) in [7, 11) is 1.73. The van der Waals surface area contributed by atoms with Crippen molar-refractivity contribution in [1.29, 1.82) is 0 Å². The highest BCUT2D eigenvalue weighted by Crippen LogP contribution is 2.13. The van der Waals surface area contributed by atoms with Crippen LogP contribution in [0.4, 0.5) is 5.82 Å². The van der Waals surface area contributed by atoms with Gasteiger partial charge < -0.3 is 16.0 Å². The van der Waals surface area contributed by atoms with E-state index in [9.17, 15) is 4.79 Å². The normalized spacial score (nSPS) is 14.5. The zero-order valence-electron chi connectivity index (χ0n) is 17.9. The number of nitrogens with one attached hydrogen (secondary N) is 3. The van der Waals surface area contributed by atoms with Crippen molar-refractivity contribution in [3.8, 4) is 0 Å². The van der Waals surface area contributed by atoms with Gasteiger partial charge in [-0.25, -0.2) is 4.98 Å². The van der Waals surface area contributed by atoms with Gasteiger partial charge in [-0.15, -0.1) is 0 Å². The van der Waals surface area contributed by atoms with Gasteiger partial charge >= 0.3 is 0 Å². The minimum absolute atomic E-state index is 0.0790. The first-order chi connectivity index (χ1) is 14.6. The van der Waals surface area contributed by atoms with E-state index in [1.54, 1.807) is 13.1 Å². The van der Waals surface area contributed by atoms with Gasteiger partial charge in [0.25, 0.3) is 0 Å². The zero-order valence-corrected chi connectivity index (χ0v) is 17.9. The van der Waals surface area contributed by atoms with Crippen LogP contribution in [0.15, 0.2) is 47.5 Å². The molecule has 3 rings (SSSR count). The summed E-state index contributed by atoms with van der Waals surface area (Å²) in [5.74, 6) is 1.18. The van der Waals surface area contributed by atoms with E-state index in [0.29, 0.717) is 31.3 Å². The molecule has 1 amide bonds. The topological polar surface area (TPSA) is 81.6 Å². The zero-order chi connectivity index (χ0) is 21.2. The molecule has 30 heavy (non-hydrogen) atoms. The van der Waals surface area contributed by atoms with Gasteiger partial charge in [0.2, 0.25) is 5.91 Å². The van der Waals surface area contributed by atoms with E-state index < -0.39 is 0 Å². The van der Waals surface area contributed by atoms with Crippen LogP contribution in [0.2, 0.25) is 0 Å². The summed E-state index contributed by atoms with van der Waals surface area (Å²) in [5.41, 5.74) is 3.43. The van der Waals surface area contributed by atoms with Crippen LogP contribution in [0.1, 0.15) is 36.1 Å². The number of hydrogen-bond donors (Lipinski definition) is 3. The smallest absolute Gasteiger partial charge is 0.227 e. The third-order valence-electron chi connectivity index (χ3n) is 5.11. The molecule has 0 radical (unpaired) electrons. The number of rotatable bonds is 8. The average Bonchev–Trinajstić information content (AvgIpc) is 3.24. The molecule has 2 aromatic rings. The Morgan fingerprint density at radius 2 is 1.80 bits per heavy atom. The predicted molar refractivity (Wildman–Crippen MR) is 121 cm³/mol. The first-order valence-electron chi connectivity index (χ1n) is 10.6. The Kier molecular flexibility index (Phi) is 8.20. The molecule has 1 aromatic heterocycles. The van der Waals surface area contributed by atoms with Crippen LogP contribution in [-0.2, 0) is 17.9 Å². The molecule has 0 aliphatic carbocycles. The van der Waals surface area contributed by atoms with Crippen LogP contribution in [0.25, 0.3) is 0 Å². The van der Waals surface area contributed by atoms with E-state index in [4.69, 9.17) is 0 Å². The van der Waals surface area contributed by atoms with Gasteiger partial charge in [-0.3, -0.25) is 14.7 Å². The van der Waals surface area contributed by atoms with Gasteiger partial charge in [-0.1, -0.05) is 30.3 Å². The molecule has 0 unspecified atom stereocenters. The highest BCUT2D eigenvalue weighted by Gasteiger charge is 2.11. The van der Waals surface area contributed by atoms with E-state index in [0.717, 1.165) is 12.2 Å². The van der Waals surface area contributed by atoms with Crippen molar-refractivity contribution in [3.05, 3.63) is 59.3 Å². The second-order valence-electron chi connectivity index (χ2n) is 7.61. The highest BCUT2D eigenvalue weighted by molar-refractivity contribution is 5.90. The Labute approximate surface area is 179 Å². The van der Waals surface area contributed by atoms with E-state index in [2.05, 4.69) is 55.1 Å². The molecule has 1 fully saturated rings. The number of pyridine rings is 1. The summed E-state index contributed by atoms with van der Waals surface area (Å²) in [6, 6.07) is 14.3. The van der Waals surface area contributed by atoms with Gasteiger partial charge in [-0.05, 0) is 56.1 Å². The molecule has 7 nitrogen and oxygen atoms in total. The van der Waals surface area contributed by atoms with Crippen LogP contribution in [0.5, 0.6) is 0 Å². The second kappa shape index (κ2) is 11.3. The number of likely N-dealkylation sites (tertiary alicyclic amines) is 1. The molecule has 0 atom stereocenters. The Bertz CT molecular complexity index is 843. The number of nitrogens with zero attached hydrogens (tertiary/aromatic N) is 3. The number of amides is 1. The molecule has 1 aliphatic rings. The Balaban J connectivity index is 1.36. The minimum Gasteiger partial charge on any atom is -0.356 e. The molecular weight excluding hydrogens is 376 g/mol. The molecule has 7 heteroatoms. The number of aliphatic imine (C=N–C) groups is 1. The summed E-state index contributed by atoms with van der Waals surface area (Å²) in [4.78, 5) is 23.1. The molecule has 3 N–H and O–H groups in total. The van der Waals surface area contributed by atoms with Crippen molar-refractivity contribution < 1.29 is 4.79 Å². The van der Waals surface area contributed by atoms with Crippen LogP contribution >= 0.6 is 0 Å². The third kappa shape index (κ3) is 7.15. The number of guanidine groups is 1. The lowest BCUT2D eigenvalue weighted by Crippen LogP contribution is -2.38. The molecule has 160 valence electrons. The van der Waals surface area contributed by atoms with Gasteiger partial charge in [0.05, 0.1) is 0 Å². The van der Waals surface area contributed by atoms with Crippen molar-refractivity contribution in [2.75, 3.05) is 32.0 Å². The van der Waals surface area contributed by atoms with Crippen LogP contribution in [0, 0.1) is 6.92 Å². The summed E-state index contributed by atoms with van der Waals surface area (Å²) >= 11 is 0. The fourth-order valence-corrected chi connectivity index (χ4v) is 3.48. The minimum atomic E-state index is -0.0790. The third-order valence-corrected chi connectivity index (χ3v) is 5.11. The van der Waals surface area contributed by atoms with Gasteiger partial charge in [0.1, 0.15) is 5.82 Å². The van der Waals surface area contributed by atoms with Crippen LogP contribution < -0.4 is 16.0 Å². The van der Waals surface area contributed by atoms with Crippen LogP contribution in [-0.4, -0.2) is 48.4 Å². The highest BCUT2D eigenvalue weighted by atomic mass is 16.1. The maximum absolute atomic E-state index is 12.1. The molecule has 1 aliphatic heterocycles. The first-order valence-corrected chi connectivity index (χ1v) is 10.6. The van der Waals surface area contributed by atoms with E-state index in [1.165, 1.54) is 37.1 Å². The fraction of sp³-hybridized carbons (Fsp3) is 0.435. The molecular formula is C23H32N6O. The number of anilines is 1. The number of aromatic nitrogens is 1. The maximum Gasteiger partial charge on any atom is 0.227 e. The monoisotopic (exact) mass is 408 g/mol. The summed E-state index contributed by atoms with van der Waals surface area (Å²) < 4.78 is 0. The maximum atomic E-state index is 12.1. The van der Waals surface area contributed by atoms with E-state index in [-0.39, 0.29) is 5.91 Å². The van der Waals surface area contributed by atoms with Crippen molar-refractivity contribution in [2.45, 2.75) is 39.3 Å². The van der Waals surface area contributed by atoms with Gasteiger partial charge in [-0.2, -0.15) is 0 Å². The predicted octanol–water partition coefficient (Wildman–Crippen LogP) is 2.68. The number of carbonyl (C=O) groups excluding carboxylic acids is 1. The number of aryl methyl sites for hydroxylation is 1. The molecule has 0 spiro atoms. The van der Waals surface area contributed by atoms with Gasteiger partial charge in [0, 0.05) is 38.8 Å². The quantitative estimate of drug-likeness (QED) is 0.462. The molecule has 1 saturated heterocycles. The first kappa shape index (κ1) is 21.8. The fourth-order valence-electron chi connectivity index (χ4n) is 3.48. The van der Waals surface area contributed by atoms with E-state index >= 15 is 0 Å². The standard InChI is InChI=1S/C23H32N6O/c1-18-6-5-7-21(27-18)28-22(30)12-13-25-23(24-2)26-16-19-8-10-20(11-9-19)17-29-14-3-4-15-29/h5-11H,3-4,12-17H2,1-2H3,(H2,24,25,26)(H,27,28,30). The lowest BCUT2D eigenvalue weighted by molar-refractivity contribution is -0.116. The van der Waals surface area contributed by atoms with Crippen molar-refractivity contribution in [3.63, 3.8) is 0 Å².